The Bertz CT molecular complexity index is 388. The summed E-state index contributed by atoms with van der Waals surface area (Å²) >= 11 is 0. The van der Waals surface area contributed by atoms with Crippen molar-refractivity contribution >= 4 is 0 Å². The summed E-state index contributed by atoms with van der Waals surface area (Å²) in [5.74, 6) is 1.98. The van der Waals surface area contributed by atoms with E-state index < -0.39 is 0 Å². The standard InChI is InChI=1S/C18H28O/c1-13(2)11-15-5-4-6-17(12-15)18(19)16-9-7-14(3)8-10-16/h4-6,12-14,16,18-19H,7-11H2,1-3H3. The van der Waals surface area contributed by atoms with Crippen LogP contribution in [0.15, 0.2) is 24.3 Å². The summed E-state index contributed by atoms with van der Waals surface area (Å²) in [4.78, 5) is 0. The highest BCUT2D eigenvalue weighted by molar-refractivity contribution is 5.26. The van der Waals surface area contributed by atoms with Crippen LogP contribution in [0.2, 0.25) is 0 Å². The average Bonchev–Trinajstić information content (AvgIpc) is 2.38. The van der Waals surface area contributed by atoms with E-state index in [-0.39, 0.29) is 6.10 Å². The molecule has 1 fully saturated rings. The van der Waals surface area contributed by atoms with Crippen molar-refractivity contribution in [3.63, 3.8) is 0 Å². The molecule has 1 saturated carbocycles. The molecule has 1 atom stereocenters. The first-order valence-corrected chi connectivity index (χ1v) is 7.83. The molecule has 1 unspecified atom stereocenters. The van der Waals surface area contributed by atoms with Crippen molar-refractivity contribution in [2.75, 3.05) is 0 Å². The summed E-state index contributed by atoms with van der Waals surface area (Å²) in [6.07, 6.45) is 5.73. The van der Waals surface area contributed by atoms with Crippen molar-refractivity contribution in [1.82, 2.24) is 0 Å². The van der Waals surface area contributed by atoms with E-state index in [1.165, 1.54) is 31.2 Å². The molecule has 0 saturated heterocycles. The molecule has 0 spiro atoms. The van der Waals surface area contributed by atoms with E-state index in [2.05, 4.69) is 45.0 Å². The Morgan fingerprint density at radius 3 is 2.47 bits per heavy atom. The second-order valence-corrected chi connectivity index (χ2v) is 6.81. The lowest BCUT2D eigenvalue weighted by Crippen LogP contribution is -2.19. The minimum Gasteiger partial charge on any atom is -0.388 e. The molecule has 1 aliphatic rings. The van der Waals surface area contributed by atoms with Crippen LogP contribution in [0.5, 0.6) is 0 Å². The van der Waals surface area contributed by atoms with Gasteiger partial charge in [0, 0.05) is 0 Å². The summed E-state index contributed by atoms with van der Waals surface area (Å²) in [6.45, 7) is 6.81. The maximum Gasteiger partial charge on any atom is 0.0818 e. The van der Waals surface area contributed by atoms with Gasteiger partial charge in [-0.25, -0.2) is 0 Å². The maximum atomic E-state index is 10.6. The molecule has 1 N–H and O–H groups in total. The van der Waals surface area contributed by atoms with Gasteiger partial charge in [0.05, 0.1) is 6.10 Å². The summed E-state index contributed by atoms with van der Waals surface area (Å²) in [6, 6.07) is 8.58. The molecule has 0 radical (unpaired) electrons. The van der Waals surface area contributed by atoms with E-state index in [0.717, 1.165) is 17.9 Å². The Labute approximate surface area is 118 Å². The topological polar surface area (TPSA) is 20.2 Å². The van der Waals surface area contributed by atoms with Crippen LogP contribution in [0.4, 0.5) is 0 Å². The SMILES string of the molecule is CC(C)Cc1cccc(C(O)C2CCC(C)CC2)c1. The summed E-state index contributed by atoms with van der Waals surface area (Å²) in [5, 5.41) is 10.6. The number of aliphatic hydroxyl groups is 1. The van der Waals surface area contributed by atoms with Crippen molar-refractivity contribution < 1.29 is 5.11 Å². The predicted octanol–water partition coefficient (Wildman–Crippen LogP) is 4.74. The van der Waals surface area contributed by atoms with Crippen LogP contribution in [0.25, 0.3) is 0 Å². The van der Waals surface area contributed by atoms with Crippen molar-refractivity contribution in [3.8, 4) is 0 Å². The molecule has 19 heavy (non-hydrogen) atoms. The van der Waals surface area contributed by atoms with Crippen molar-refractivity contribution in [1.29, 1.82) is 0 Å². The molecule has 0 aromatic heterocycles. The fourth-order valence-electron chi connectivity index (χ4n) is 3.25. The normalized spacial score (nSPS) is 25.5. The molecule has 0 aliphatic heterocycles. The molecule has 2 rings (SSSR count). The van der Waals surface area contributed by atoms with Crippen LogP contribution in [0.3, 0.4) is 0 Å². The van der Waals surface area contributed by atoms with E-state index >= 15 is 0 Å². The van der Waals surface area contributed by atoms with Crippen molar-refractivity contribution in [3.05, 3.63) is 35.4 Å². The number of rotatable bonds is 4. The molecular formula is C18H28O. The molecular weight excluding hydrogens is 232 g/mol. The third kappa shape index (κ3) is 4.07. The third-order valence-electron chi connectivity index (χ3n) is 4.44. The number of hydrogen-bond acceptors (Lipinski definition) is 1. The van der Waals surface area contributed by atoms with Gasteiger partial charge in [-0.15, -0.1) is 0 Å². The summed E-state index contributed by atoms with van der Waals surface area (Å²) in [5.41, 5.74) is 2.48. The fraction of sp³-hybridized carbons (Fsp3) is 0.667. The Kier molecular flexibility index (Phi) is 5.04. The van der Waals surface area contributed by atoms with Crippen LogP contribution in [0, 0.1) is 17.8 Å². The first-order chi connectivity index (χ1) is 9.06. The highest BCUT2D eigenvalue weighted by Crippen LogP contribution is 2.36. The lowest BCUT2D eigenvalue weighted by Gasteiger charge is -2.30. The number of benzene rings is 1. The summed E-state index contributed by atoms with van der Waals surface area (Å²) < 4.78 is 0. The quantitative estimate of drug-likeness (QED) is 0.828. The smallest absolute Gasteiger partial charge is 0.0818 e. The second-order valence-electron chi connectivity index (χ2n) is 6.81. The van der Waals surface area contributed by atoms with Gasteiger partial charge >= 0.3 is 0 Å². The minimum atomic E-state index is -0.264. The second kappa shape index (κ2) is 6.56. The largest absolute Gasteiger partial charge is 0.388 e. The molecule has 1 aromatic rings. The van der Waals surface area contributed by atoms with Crippen LogP contribution < -0.4 is 0 Å². The number of aliphatic hydroxyl groups excluding tert-OH is 1. The Morgan fingerprint density at radius 1 is 1.16 bits per heavy atom. The van der Waals surface area contributed by atoms with E-state index in [0.29, 0.717) is 11.8 Å². The van der Waals surface area contributed by atoms with Crippen LogP contribution in [-0.2, 0) is 6.42 Å². The van der Waals surface area contributed by atoms with Crippen LogP contribution in [-0.4, -0.2) is 5.11 Å². The highest BCUT2D eigenvalue weighted by atomic mass is 16.3. The molecule has 1 aromatic carbocycles. The van der Waals surface area contributed by atoms with E-state index in [1.807, 2.05) is 0 Å². The zero-order chi connectivity index (χ0) is 13.8. The molecule has 0 amide bonds. The predicted molar refractivity (Wildman–Crippen MR) is 81.1 cm³/mol. The van der Waals surface area contributed by atoms with Gasteiger partial charge in [-0.1, -0.05) is 57.9 Å². The van der Waals surface area contributed by atoms with Crippen LogP contribution in [0.1, 0.15) is 63.7 Å². The Balaban J connectivity index is 2.04. The van der Waals surface area contributed by atoms with Gasteiger partial charge in [-0.2, -0.15) is 0 Å². The monoisotopic (exact) mass is 260 g/mol. The van der Waals surface area contributed by atoms with Gasteiger partial charge < -0.3 is 5.11 Å². The molecule has 1 nitrogen and oxygen atoms in total. The zero-order valence-electron chi connectivity index (χ0n) is 12.6. The molecule has 1 aliphatic carbocycles. The first-order valence-electron chi connectivity index (χ1n) is 7.83. The highest BCUT2D eigenvalue weighted by Gasteiger charge is 2.25. The Hall–Kier alpha value is -0.820. The zero-order valence-corrected chi connectivity index (χ0v) is 12.6. The van der Waals surface area contributed by atoms with E-state index in [9.17, 15) is 5.11 Å². The van der Waals surface area contributed by atoms with Gasteiger partial charge in [0.1, 0.15) is 0 Å². The maximum absolute atomic E-state index is 10.6. The van der Waals surface area contributed by atoms with Crippen molar-refractivity contribution in [2.24, 2.45) is 17.8 Å². The lowest BCUT2D eigenvalue weighted by molar-refractivity contribution is 0.0755. The van der Waals surface area contributed by atoms with E-state index in [4.69, 9.17) is 0 Å². The Morgan fingerprint density at radius 2 is 1.84 bits per heavy atom. The summed E-state index contributed by atoms with van der Waals surface area (Å²) in [7, 11) is 0. The number of hydrogen-bond donors (Lipinski definition) is 1. The third-order valence-corrected chi connectivity index (χ3v) is 4.44. The molecule has 106 valence electrons. The fourth-order valence-corrected chi connectivity index (χ4v) is 3.25. The van der Waals surface area contributed by atoms with Gasteiger partial charge in [0.15, 0.2) is 0 Å². The molecule has 0 bridgehead atoms. The molecule has 0 heterocycles. The van der Waals surface area contributed by atoms with Gasteiger partial charge in [-0.05, 0) is 48.1 Å². The van der Waals surface area contributed by atoms with Gasteiger partial charge in [0.2, 0.25) is 0 Å². The molecule has 1 heteroatoms. The van der Waals surface area contributed by atoms with Crippen molar-refractivity contribution in [2.45, 2.75) is 59.0 Å². The van der Waals surface area contributed by atoms with Gasteiger partial charge in [-0.3, -0.25) is 0 Å². The minimum absolute atomic E-state index is 0.264. The van der Waals surface area contributed by atoms with E-state index in [1.54, 1.807) is 0 Å². The lowest BCUT2D eigenvalue weighted by atomic mass is 9.78. The average molecular weight is 260 g/mol. The first kappa shape index (κ1) is 14.6. The van der Waals surface area contributed by atoms with Crippen LogP contribution >= 0.6 is 0 Å². The van der Waals surface area contributed by atoms with Gasteiger partial charge in [0.25, 0.3) is 0 Å².